The molecule has 0 amide bonds. The number of nitrogens with zero attached hydrogens (tertiary/aromatic N) is 1. The molecule has 0 aliphatic carbocycles. The predicted octanol–water partition coefficient (Wildman–Crippen LogP) is 0.294. The highest BCUT2D eigenvalue weighted by Crippen LogP contribution is 2.16. The largest absolute Gasteiger partial charge is 0.632 e. The van der Waals surface area contributed by atoms with Gasteiger partial charge in [-0.25, -0.2) is 0 Å². The third-order valence-corrected chi connectivity index (χ3v) is 1.64. The molecule has 1 fully saturated rings. The SMILES string of the molecule is CC(=O)C[N+]1([O-])CCC1. The molecule has 0 aromatic heterocycles. The van der Waals surface area contributed by atoms with Crippen LogP contribution in [0, 0.1) is 5.21 Å². The molecule has 1 rings (SSSR count). The lowest BCUT2D eigenvalue weighted by molar-refractivity contribution is -0.910. The van der Waals surface area contributed by atoms with E-state index in [1.54, 1.807) is 0 Å². The molecule has 0 atom stereocenters. The second kappa shape index (κ2) is 2.08. The molecule has 0 unspecified atom stereocenters. The fourth-order valence-electron chi connectivity index (χ4n) is 1.07. The van der Waals surface area contributed by atoms with E-state index < -0.39 is 0 Å². The molecule has 3 nitrogen and oxygen atoms in total. The maximum absolute atomic E-state index is 11.1. The Morgan fingerprint density at radius 1 is 1.67 bits per heavy atom. The summed E-state index contributed by atoms with van der Waals surface area (Å²) in [6.07, 6.45) is 0.983. The quantitative estimate of drug-likeness (QED) is 0.397. The van der Waals surface area contributed by atoms with E-state index in [4.69, 9.17) is 0 Å². The Balaban J connectivity index is 2.33. The molecule has 1 saturated heterocycles. The number of Topliss-reactive ketones (excluding diaryl/α,β-unsaturated/α-hetero) is 1. The highest BCUT2D eigenvalue weighted by atomic mass is 16.6. The number of likely N-dealkylation sites (tertiary alicyclic amines) is 1. The van der Waals surface area contributed by atoms with E-state index in [2.05, 4.69) is 0 Å². The minimum absolute atomic E-state index is 0.00435. The van der Waals surface area contributed by atoms with Crippen LogP contribution < -0.4 is 0 Å². The monoisotopic (exact) mass is 129 g/mol. The molecule has 0 aromatic rings. The summed E-state index contributed by atoms with van der Waals surface area (Å²) in [5, 5.41) is 11.1. The number of ketones is 1. The standard InChI is InChI=1S/C6H11NO2/c1-6(8)5-7(9)3-2-4-7/h2-5H2,1H3. The number of hydroxylamine groups is 3. The molecule has 3 heteroatoms. The van der Waals surface area contributed by atoms with Gasteiger partial charge in [-0.05, 0) is 0 Å². The first-order valence-corrected chi connectivity index (χ1v) is 3.19. The molecule has 0 bridgehead atoms. The number of quaternary nitrogens is 1. The lowest BCUT2D eigenvalue weighted by atomic mass is 10.2. The zero-order chi connectivity index (χ0) is 6.91. The van der Waals surface area contributed by atoms with Gasteiger partial charge in [0.05, 0.1) is 13.1 Å². The summed E-state index contributed by atoms with van der Waals surface area (Å²) in [4.78, 5) is 10.4. The molecule has 0 spiro atoms. The van der Waals surface area contributed by atoms with Gasteiger partial charge in [-0.3, -0.25) is 4.79 Å². The van der Waals surface area contributed by atoms with Crippen molar-refractivity contribution in [2.75, 3.05) is 19.6 Å². The predicted molar refractivity (Wildman–Crippen MR) is 33.5 cm³/mol. The summed E-state index contributed by atoms with van der Waals surface area (Å²) < 4.78 is -0.269. The minimum atomic E-state index is -0.269. The van der Waals surface area contributed by atoms with Gasteiger partial charge in [0.2, 0.25) is 0 Å². The molecule has 0 saturated carbocycles. The Morgan fingerprint density at radius 2 is 2.22 bits per heavy atom. The maximum Gasteiger partial charge on any atom is 0.184 e. The van der Waals surface area contributed by atoms with Crippen LogP contribution in [0.25, 0.3) is 0 Å². The van der Waals surface area contributed by atoms with Crippen molar-refractivity contribution in [1.82, 2.24) is 0 Å². The van der Waals surface area contributed by atoms with E-state index in [1.165, 1.54) is 6.92 Å². The highest BCUT2D eigenvalue weighted by molar-refractivity contribution is 5.76. The zero-order valence-corrected chi connectivity index (χ0v) is 5.59. The summed E-state index contributed by atoms with van der Waals surface area (Å²) >= 11 is 0. The Bertz CT molecular complexity index is 129. The number of rotatable bonds is 2. The molecular formula is C6H11NO2. The van der Waals surface area contributed by atoms with Crippen LogP contribution in [0.3, 0.4) is 0 Å². The normalized spacial score (nSPS) is 22.9. The van der Waals surface area contributed by atoms with E-state index in [0.29, 0.717) is 13.1 Å². The first kappa shape index (κ1) is 6.71. The van der Waals surface area contributed by atoms with Gasteiger partial charge >= 0.3 is 0 Å². The summed E-state index contributed by atoms with van der Waals surface area (Å²) in [6.45, 7) is 2.93. The molecule has 0 N–H and O–H groups in total. The first-order chi connectivity index (χ1) is 4.12. The second-order valence-corrected chi connectivity index (χ2v) is 2.72. The van der Waals surface area contributed by atoms with Crippen LogP contribution in [0.15, 0.2) is 0 Å². The molecule has 1 aliphatic rings. The van der Waals surface area contributed by atoms with E-state index >= 15 is 0 Å². The summed E-state index contributed by atoms with van der Waals surface area (Å²) in [5.41, 5.74) is 0. The van der Waals surface area contributed by atoms with Gasteiger partial charge < -0.3 is 9.85 Å². The number of carbonyl (C=O) groups excluding carboxylic acids is 1. The fraction of sp³-hybridized carbons (Fsp3) is 0.833. The van der Waals surface area contributed by atoms with Gasteiger partial charge in [-0.15, -0.1) is 0 Å². The summed E-state index contributed by atoms with van der Waals surface area (Å²) in [6, 6.07) is 0. The molecule has 52 valence electrons. The van der Waals surface area contributed by atoms with Crippen molar-refractivity contribution in [3.63, 3.8) is 0 Å². The van der Waals surface area contributed by atoms with Crippen LogP contribution in [0.5, 0.6) is 0 Å². The van der Waals surface area contributed by atoms with E-state index in [0.717, 1.165) is 6.42 Å². The Hall–Kier alpha value is -0.410. The molecule has 0 radical (unpaired) electrons. The van der Waals surface area contributed by atoms with Crippen LogP contribution in [0.1, 0.15) is 13.3 Å². The summed E-state index contributed by atoms with van der Waals surface area (Å²) in [5.74, 6) is 0.00435. The minimum Gasteiger partial charge on any atom is -0.632 e. The van der Waals surface area contributed by atoms with E-state index in [1.807, 2.05) is 0 Å². The van der Waals surface area contributed by atoms with Crippen LogP contribution in [-0.4, -0.2) is 30.1 Å². The first-order valence-electron chi connectivity index (χ1n) is 3.19. The van der Waals surface area contributed by atoms with Crippen molar-refractivity contribution in [1.29, 1.82) is 0 Å². The van der Waals surface area contributed by atoms with Gasteiger partial charge in [0.1, 0.15) is 6.54 Å². The topological polar surface area (TPSA) is 40.1 Å². The van der Waals surface area contributed by atoms with E-state index in [-0.39, 0.29) is 17.0 Å². The Labute approximate surface area is 54.4 Å². The smallest absolute Gasteiger partial charge is 0.184 e. The van der Waals surface area contributed by atoms with Crippen molar-refractivity contribution in [3.05, 3.63) is 5.21 Å². The van der Waals surface area contributed by atoms with Crippen LogP contribution in [0.4, 0.5) is 0 Å². The van der Waals surface area contributed by atoms with Gasteiger partial charge in [-0.2, -0.15) is 0 Å². The molecule has 1 aliphatic heterocycles. The summed E-state index contributed by atoms with van der Waals surface area (Å²) in [7, 11) is 0. The number of hydrogen-bond acceptors (Lipinski definition) is 2. The van der Waals surface area contributed by atoms with Crippen LogP contribution in [0.2, 0.25) is 0 Å². The molecule has 1 heterocycles. The third kappa shape index (κ3) is 1.50. The Kier molecular flexibility index (Phi) is 1.55. The van der Waals surface area contributed by atoms with Crippen molar-refractivity contribution < 1.29 is 9.44 Å². The van der Waals surface area contributed by atoms with E-state index in [9.17, 15) is 10.0 Å². The van der Waals surface area contributed by atoms with Crippen molar-refractivity contribution >= 4 is 5.78 Å². The number of carbonyl (C=O) groups is 1. The highest BCUT2D eigenvalue weighted by Gasteiger charge is 2.26. The van der Waals surface area contributed by atoms with Crippen molar-refractivity contribution in [2.45, 2.75) is 13.3 Å². The molecule has 0 aromatic carbocycles. The second-order valence-electron chi connectivity index (χ2n) is 2.72. The zero-order valence-electron chi connectivity index (χ0n) is 5.59. The van der Waals surface area contributed by atoms with Gasteiger partial charge in [0.15, 0.2) is 5.78 Å². The van der Waals surface area contributed by atoms with Crippen molar-refractivity contribution in [3.8, 4) is 0 Å². The molecular weight excluding hydrogens is 118 g/mol. The van der Waals surface area contributed by atoms with Gasteiger partial charge in [-0.1, -0.05) is 0 Å². The average molecular weight is 129 g/mol. The maximum atomic E-state index is 11.1. The Morgan fingerprint density at radius 3 is 2.33 bits per heavy atom. The lowest BCUT2D eigenvalue weighted by Crippen LogP contribution is -2.55. The average Bonchev–Trinajstić information content (AvgIpc) is 1.60. The van der Waals surface area contributed by atoms with Crippen molar-refractivity contribution in [2.24, 2.45) is 0 Å². The van der Waals surface area contributed by atoms with Gasteiger partial charge in [0, 0.05) is 13.3 Å². The lowest BCUT2D eigenvalue weighted by Gasteiger charge is -2.48. The van der Waals surface area contributed by atoms with Gasteiger partial charge in [0.25, 0.3) is 0 Å². The number of hydrogen-bond donors (Lipinski definition) is 0. The molecule has 9 heavy (non-hydrogen) atoms. The third-order valence-electron chi connectivity index (χ3n) is 1.64. The van der Waals surface area contributed by atoms with Crippen LogP contribution in [-0.2, 0) is 4.79 Å². The van der Waals surface area contributed by atoms with Crippen LogP contribution >= 0.6 is 0 Å². The fourth-order valence-corrected chi connectivity index (χ4v) is 1.07.